The van der Waals surface area contributed by atoms with Crippen molar-refractivity contribution in [3.63, 3.8) is 0 Å². The van der Waals surface area contributed by atoms with Gasteiger partial charge in [0.1, 0.15) is 18.2 Å². The Morgan fingerprint density at radius 3 is 2.89 bits per heavy atom. The Kier molecular flexibility index (Phi) is 7.09. The fraction of sp³-hybridized carbons (Fsp3) is 0.385. The number of halogens is 3. The molecule has 0 bridgehead atoms. The summed E-state index contributed by atoms with van der Waals surface area (Å²) < 4.78 is 18.7. The van der Waals surface area contributed by atoms with Gasteiger partial charge in [-0.25, -0.2) is 4.39 Å². The lowest BCUT2D eigenvalue weighted by Crippen LogP contribution is -2.14. The number of hydrogen-bond acceptors (Lipinski definition) is 2. The smallest absolute Gasteiger partial charge is 0.127 e. The molecule has 0 saturated heterocycles. The molecule has 1 aromatic rings. The maximum absolute atomic E-state index is 13.4. The Morgan fingerprint density at radius 2 is 2.22 bits per heavy atom. The van der Waals surface area contributed by atoms with Gasteiger partial charge in [-0.1, -0.05) is 30.1 Å². The van der Waals surface area contributed by atoms with Crippen LogP contribution in [0.15, 0.2) is 28.8 Å². The number of ether oxygens (including phenoxy) is 1. The summed E-state index contributed by atoms with van der Waals surface area (Å²) in [5.74, 6) is 0.117. The van der Waals surface area contributed by atoms with Crippen LogP contribution in [-0.4, -0.2) is 13.2 Å². The van der Waals surface area contributed by atoms with Crippen LogP contribution in [-0.2, 0) is 6.54 Å². The highest BCUT2D eigenvalue weighted by molar-refractivity contribution is 6.36. The molecule has 0 saturated carbocycles. The molecule has 0 radical (unpaired) electrons. The SMILES string of the molecule is CCCNCc1cc(F)cc(OC/C(Cl)=C/Cl)c1. The van der Waals surface area contributed by atoms with Crippen molar-refractivity contribution < 1.29 is 9.13 Å². The van der Waals surface area contributed by atoms with Crippen molar-refractivity contribution in [3.8, 4) is 5.75 Å². The van der Waals surface area contributed by atoms with Crippen LogP contribution in [0.4, 0.5) is 4.39 Å². The highest BCUT2D eigenvalue weighted by atomic mass is 35.5. The minimum atomic E-state index is -0.327. The minimum absolute atomic E-state index is 0.135. The Morgan fingerprint density at radius 1 is 1.44 bits per heavy atom. The zero-order chi connectivity index (χ0) is 13.4. The third kappa shape index (κ3) is 5.71. The van der Waals surface area contributed by atoms with Gasteiger partial charge in [0.05, 0.1) is 5.03 Å². The largest absolute Gasteiger partial charge is 0.488 e. The first-order valence-electron chi connectivity index (χ1n) is 5.73. The molecule has 0 amide bonds. The van der Waals surface area contributed by atoms with E-state index in [-0.39, 0.29) is 12.4 Å². The van der Waals surface area contributed by atoms with Crippen LogP contribution in [0.25, 0.3) is 0 Å². The first-order chi connectivity index (χ1) is 8.65. The first-order valence-corrected chi connectivity index (χ1v) is 6.55. The summed E-state index contributed by atoms with van der Waals surface area (Å²) in [6, 6.07) is 4.58. The molecule has 1 rings (SSSR count). The summed E-state index contributed by atoms with van der Waals surface area (Å²) in [4.78, 5) is 0. The summed E-state index contributed by atoms with van der Waals surface area (Å²) in [6.07, 6.45) is 1.04. The van der Waals surface area contributed by atoms with Gasteiger partial charge in [-0.15, -0.1) is 0 Å². The Bertz CT molecular complexity index is 410. The van der Waals surface area contributed by atoms with Gasteiger partial charge < -0.3 is 10.1 Å². The van der Waals surface area contributed by atoms with Crippen LogP contribution in [0, 0.1) is 5.82 Å². The van der Waals surface area contributed by atoms with E-state index < -0.39 is 0 Å². The van der Waals surface area contributed by atoms with Gasteiger partial charge in [0.25, 0.3) is 0 Å². The van der Waals surface area contributed by atoms with Gasteiger partial charge in [0, 0.05) is 18.1 Å². The standard InChI is InChI=1S/C13H16Cl2FNO/c1-2-3-17-8-10-4-12(16)6-13(5-10)18-9-11(15)7-14/h4-7,17H,2-3,8-9H2,1H3/b11-7-. The summed E-state index contributed by atoms with van der Waals surface area (Å²) in [7, 11) is 0. The average Bonchev–Trinajstić information content (AvgIpc) is 2.35. The normalized spacial score (nSPS) is 11.7. The van der Waals surface area contributed by atoms with Gasteiger partial charge in [0.15, 0.2) is 0 Å². The molecular weight excluding hydrogens is 276 g/mol. The highest BCUT2D eigenvalue weighted by Gasteiger charge is 2.03. The predicted octanol–water partition coefficient (Wildman–Crippen LogP) is 4.02. The zero-order valence-electron chi connectivity index (χ0n) is 10.2. The lowest BCUT2D eigenvalue weighted by molar-refractivity contribution is 0.356. The van der Waals surface area contributed by atoms with Crippen molar-refractivity contribution >= 4 is 23.2 Å². The first kappa shape index (κ1) is 15.3. The van der Waals surface area contributed by atoms with Crippen molar-refractivity contribution in [2.45, 2.75) is 19.9 Å². The number of hydrogen-bond donors (Lipinski definition) is 1. The quantitative estimate of drug-likeness (QED) is 0.766. The predicted molar refractivity (Wildman–Crippen MR) is 73.7 cm³/mol. The Balaban J connectivity index is 2.62. The van der Waals surface area contributed by atoms with E-state index in [1.165, 1.54) is 17.7 Å². The second-order valence-corrected chi connectivity index (χ2v) is 4.52. The Labute approximate surface area is 117 Å². The monoisotopic (exact) mass is 291 g/mol. The van der Waals surface area contributed by atoms with E-state index in [1.54, 1.807) is 6.07 Å². The van der Waals surface area contributed by atoms with Crippen LogP contribution in [0.2, 0.25) is 0 Å². The number of benzene rings is 1. The molecule has 0 spiro atoms. The summed E-state index contributed by atoms with van der Waals surface area (Å²) >= 11 is 11.1. The molecular formula is C13H16Cl2FNO. The van der Waals surface area contributed by atoms with Crippen molar-refractivity contribution in [2.75, 3.05) is 13.2 Å². The molecule has 0 aromatic heterocycles. The summed E-state index contributed by atoms with van der Waals surface area (Å²) in [5, 5.41) is 3.57. The third-order valence-corrected chi connectivity index (χ3v) is 2.78. The fourth-order valence-electron chi connectivity index (χ4n) is 1.40. The Hall–Kier alpha value is -0.770. The molecule has 5 heteroatoms. The van der Waals surface area contributed by atoms with E-state index in [2.05, 4.69) is 12.2 Å². The van der Waals surface area contributed by atoms with Crippen LogP contribution in [0.1, 0.15) is 18.9 Å². The van der Waals surface area contributed by atoms with Gasteiger partial charge in [-0.3, -0.25) is 0 Å². The second kappa shape index (κ2) is 8.35. The molecule has 0 aliphatic heterocycles. The minimum Gasteiger partial charge on any atom is -0.488 e. The summed E-state index contributed by atoms with van der Waals surface area (Å²) in [6.45, 7) is 3.72. The highest BCUT2D eigenvalue weighted by Crippen LogP contribution is 2.18. The molecule has 0 atom stereocenters. The van der Waals surface area contributed by atoms with E-state index in [4.69, 9.17) is 27.9 Å². The van der Waals surface area contributed by atoms with Crippen LogP contribution in [0.3, 0.4) is 0 Å². The molecule has 0 unspecified atom stereocenters. The van der Waals surface area contributed by atoms with Gasteiger partial charge in [0.2, 0.25) is 0 Å². The van der Waals surface area contributed by atoms with E-state index in [0.29, 0.717) is 17.3 Å². The van der Waals surface area contributed by atoms with E-state index >= 15 is 0 Å². The van der Waals surface area contributed by atoms with Crippen LogP contribution < -0.4 is 10.1 Å². The molecule has 0 aliphatic carbocycles. The zero-order valence-corrected chi connectivity index (χ0v) is 11.7. The maximum atomic E-state index is 13.4. The maximum Gasteiger partial charge on any atom is 0.127 e. The lowest BCUT2D eigenvalue weighted by atomic mass is 10.2. The van der Waals surface area contributed by atoms with Crippen molar-refractivity contribution in [1.29, 1.82) is 0 Å². The molecule has 0 fully saturated rings. The average molecular weight is 292 g/mol. The molecule has 0 aliphatic rings. The van der Waals surface area contributed by atoms with E-state index in [9.17, 15) is 4.39 Å². The second-order valence-electron chi connectivity index (χ2n) is 3.82. The topological polar surface area (TPSA) is 21.3 Å². The number of rotatable bonds is 7. The van der Waals surface area contributed by atoms with E-state index in [0.717, 1.165) is 18.5 Å². The van der Waals surface area contributed by atoms with Crippen molar-refractivity contribution in [3.05, 3.63) is 40.1 Å². The molecule has 1 N–H and O–H groups in total. The fourth-order valence-corrected chi connectivity index (χ4v) is 1.52. The van der Waals surface area contributed by atoms with Crippen LogP contribution in [0.5, 0.6) is 5.75 Å². The van der Waals surface area contributed by atoms with E-state index in [1.807, 2.05) is 0 Å². The van der Waals surface area contributed by atoms with Crippen molar-refractivity contribution in [1.82, 2.24) is 5.32 Å². The number of nitrogens with one attached hydrogen (secondary N) is 1. The van der Waals surface area contributed by atoms with Crippen LogP contribution >= 0.6 is 23.2 Å². The molecule has 2 nitrogen and oxygen atoms in total. The molecule has 100 valence electrons. The third-order valence-electron chi connectivity index (χ3n) is 2.18. The van der Waals surface area contributed by atoms with Gasteiger partial charge >= 0.3 is 0 Å². The molecule has 0 heterocycles. The van der Waals surface area contributed by atoms with Gasteiger partial charge in [-0.2, -0.15) is 0 Å². The lowest BCUT2D eigenvalue weighted by Gasteiger charge is -2.08. The molecule has 1 aromatic carbocycles. The summed E-state index contributed by atoms with van der Waals surface area (Å²) in [5.41, 5.74) is 2.06. The van der Waals surface area contributed by atoms with Crippen molar-refractivity contribution in [2.24, 2.45) is 0 Å². The molecule has 18 heavy (non-hydrogen) atoms. The van der Waals surface area contributed by atoms with Gasteiger partial charge in [-0.05, 0) is 30.7 Å².